The summed E-state index contributed by atoms with van der Waals surface area (Å²) < 4.78 is 18.7. The van der Waals surface area contributed by atoms with Gasteiger partial charge in [-0.3, -0.25) is 9.42 Å². The summed E-state index contributed by atoms with van der Waals surface area (Å²) >= 11 is 0. The van der Waals surface area contributed by atoms with Crippen LogP contribution >= 0.6 is 7.82 Å². The molecule has 0 rings (SSSR count). The quantitative estimate of drug-likeness (QED) is 0.516. The number of hydrogen-bond acceptors (Lipinski definition) is 4. The smallest absolute Gasteiger partial charge is 0.449 e. The highest BCUT2D eigenvalue weighted by atomic mass is 31.2. The van der Waals surface area contributed by atoms with E-state index in [1.54, 1.807) is 0 Å². The highest BCUT2D eigenvalue weighted by Gasteiger charge is 2.25. The van der Waals surface area contributed by atoms with E-state index < -0.39 is 14.0 Å². The Morgan fingerprint density at radius 3 is 2.54 bits per heavy atom. The predicted molar refractivity (Wildman–Crippen MR) is 44.4 cm³/mol. The molecule has 7 heteroatoms. The van der Waals surface area contributed by atoms with Crippen LogP contribution in [0.2, 0.25) is 0 Å². The van der Waals surface area contributed by atoms with Gasteiger partial charge in [0.1, 0.15) is 0 Å². The molecule has 0 amide bonds. The van der Waals surface area contributed by atoms with E-state index in [4.69, 9.17) is 10.00 Å². The second-order valence-corrected chi connectivity index (χ2v) is 3.74. The van der Waals surface area contributed by atoms with E-state index >= 15 is 0 Å². The van der Waals surface area contributed by atoms with Gasteiger partial charge in [0.25, 0.3) is 0 Å². The summed E-state index contributed by atoms with van der Waals surface area (Å²) in [6.07, 6.45) is 0.581. The first-order valence-electron chi connectivity index (χ1n) is 3.88. The maximum absolute atomic E-state index is 10.7. The van der Waals surface area contributed by atoms with Crippen molar-refractivity contribution in [3.63, 3.8) is 0 Å². The molecule has 0 aliphatic rings. The van der Waals surface area contributed by atoms with E-state index in [0.717, 1.165) is 12.8 Å². The maximum atomic E-state index is 10.7. The normalized spacial score (nSPS) is 14.9. The summed E-state index contributed by atoms with van der Waals surface area (Å²) in [7, 11) is -4.39. The van der Waals surface area contributed by atoms with Gasteiger partial charge in [-0.2, -0.15) is 0 Å². The minimum atomic E-state index is -4.39. The highest BCUT2D eigenvalue weighted by Crippen LogP contribution is 2.43. The molecule has 1 unspecified atom stereocenters. The fraction of sp³-hybridized carbons (Fsp3) is 0.833. The Morgan fingerprint density at radius 1 is 1.46 bits per heavy atom. The Kier molecular flexibility index (Phi) is 5.70. The minimum Gasteiger partial charge on any atom is -0.449 e. The molecule has 78 valence electrons. The largest absolute Gasteiger partial charge is 0.531 e. The molecule has 0 spiro atoms. The fourth-order valence-electron chi connectivity index (χ4n) is 0.657. The number of rotatable bonds is 6. The lowest BCUT2D eigenvalue weighted by Crippen LogP contribution is -2.01. The van der Waals surface area contributed by atoms with Crippen LogP contribution in [0.15, 0.2) is 0 Å². The van der Waals surface area contributed by atoms with Gasteiger partial charge in [0, 0.05) is 0 Å². The second kappa shape index (κ2) is 5.96. The average Bonchev–Trinajstić information content (AvgIpc) is 1.95. The van der Waals surface area contributed by atoms with Crippen LogP contribution in [-0.4, -0.2) is 22.8 Å². The topological polar surface area (TPSA) is 93.1 Å². The third-order valence-corrected chi connectivity index (χ3v) is 2.09. The summed E-state index contributed by atoms with van der Waals surface area (Å²) in [6.45, 7) is 1.99. The van der Waals surface area contributed by atoms with Gasteiger partial charge in [0.2, 0.25) is 0 Å². The molecule has 2 N–H and O–H groups in total. The Bertz CT molecular complexity index is 203. The second-order valence-electron chi connectivity index (χ2n) is 2.37. The molecule has 0 aliphatic heterocycles. The third-order valence-electron chi connectivity index (χ3n) is 1.20. The van der Waals surface area contributed by atoms with Gasteiger partial charge in [0.15, 0.2) is 0 Å². The molecule has 0 aromatic rings. The van der Waals surface area contributed by atoms with Crippen LogP contribution in [-0.2, 0) is 13.6 Å². The van der Waals surface area contributed by atoms with Gasteiger partial charge in [-0.1, -0.05) is 19.8 Å². The number of unbranched alkanes of at least 4 members (excludes halogenated alkanes) is 2. The van der Waals surface area contributed by atoms with E-state index in [9.17, 15) is 9.36 Å². The van der Waals surface area contributed by atoms with Crippen LogP contribution in [0, 0.1) is 0 Å². The van der Waals surface area contributed by atoms with Crippen molar-refractivity contribution in [3.8, 4) is 0 Å². The molecule has 13 heavy (non-hydrogen) atoms. The standard InChI is InChI=1S/C6H13O6P/c1-2-3-4-5-11-13(9,10)12-6(7)8/h2-5H2,1H3,(H,7,8)(H,9,10). The van der Waals surface area contributed by atoms with Crippen molar-refractivity contribution in [3.05, 3.63) is 0 Å². The van der Waals surface area contributed by atoms with Crippen molar-refractivity contribution < 1.29 is 28.4 Å². The minimum absolute atomic E-state index is 0.0227. The van der Waals surface area contributed by atoms with Crippen molar-refractivity contribution in [1.82, 2.24) is 0 Å². The van der Waals surface area contributed by atoms with Gasteiger partial charge in [-0.15, -0.1) is 0 Å². The molecular formula is C6H13O6P. The van der Waals surface area contributed by atoms with Crippen LogP contribution in [0.3, 0.4) is 0 Å². The van der Waals surface area contributed by atoms with Crippen molar-refractivity contribution in [1.29, 1.82) is 0 Å². The number of phosphoric acid groups is 1. The van der Waals surface area contributed by atoms with Crippen LogP contribution in [0.4, 0.5) is 4.79 Å². The number of carboxylic acid groups (broad SMARTS) is 1. The maximum Gasteiger partial charge on any atom is 0.531 e. The van der Waals surface area contributed by atoms with Gasteiger partial charge in [-0.05, 0) is 6.42 Å². The summed E-state index contributed by atoms with van der Waals surface area (Å²) in [4.78, 5) is 18.6. The molecule has 0 saturated carbocycles. The molecule has 0 heterocycles. The Labute approximate surface area is 76.1 Å². The van der Waals surface area contributed by atoms with Crippen LogP contribution in [0.5, 0.6) is 0 Å². The van der Waals surface area contributed by atoms with Gasteiger partial charge in [0.05, 0.1) is 6.61 Å². The molecule has 1 atom stereocenters. The lowest BCUT2D eigenvalue weighted by Gasteiger charge is -2.08. The van der Waals surface area contributed by atoms with E-state index in [0.29, 0.717) is 6.42 Å². The zero-order valence-corrected chi connectivity index (χ0v) is 8.20. The molecule has 0 aliphatic carbocycles. The van der Waals surface area contributed by atoms with Gasteiger partial charge < -0.3 is 9.63 Å². The van der Waals surface area contributed by atoms with E-state index in [1.807, 2.05) is 6.92 Å². The summed E-state index contributed by atoms with van der Waals surface area (Å²) in [5.74, 6) is 0. The van der Waals surface area contributed by atoms with E-state index in [1.165, 1.54) is 0 Å². The lowest BCUT2D eigenvalue weighted by molar-refractivity contribution is 0.112. The Morgan fingerprint density at radius 2 is 2.08 bits per heavy atom. The zero-order chi connectivity index (χ0) is 10.3. The van der Waals surface area contributed by atoms with E-state index in [-0.39, 0.29) is 6.61 Å². The lowest BCUT2D eigenvalue weighted by atomic mass is 10.3. The summed E-state index contributed by atoms with van der Waals surface area (Å²) in [5.41, 5.74) is 0. The summed E-state index contributed by atoms with van der Waals surface area (Å²) in [6, 6.07) is 0. The predicted octanol–water partition coefficient (Wildman–Crippen LogP) is 1.99. The first-order chi connectivity index (χ1) is 5.98. The van der Waals surface area contributed by atoms with Crippen molar-refractivity contribution in [2.24, 2.45) is 0 Å². The number of hydrogen-bond donors (Lipinski definition) is 2. The number of carbonyl (C=O) groups is 1. The van der Waals surface area contributed by atoms with Gasteiger partial charge in [-0.25, -0.2) is 9.36 Å². The van der Waals surface area contributed by atoms with Crippen LogP contribution in [0.25, 0.3) is 0 Å². The first-order valence-corrected chi connectivity index (χ1v) is 5.37. The Hall–Kier alpha value is -0.580. The summed E-state index contributed by atoms with van der Waals surface area (Å²) in [5, 5.41) is 8.02. The Balaban J connectivity index is 3.63. The van der Waals surface area contributed by atoms with E-state index in [2.05, 4.69) is 9.05 Å². The molecule has 0 aromatic heterocycles. The third kappa shape index (κ3) is 7.77. The van der Waals surface area contributed by atoms with Crippen LogP contribution in [0.1, 0.15) is 26.2 Å². The van der Waals surface area contributed by atoms with Crippen LogP contribution < -0.4 is 0 Å². The van der Waals surface area contributed by atoms with Crippen molar-refractivity contribution in [2.75, 3.05) is 6.61 Å². The fourth-order valence-corrected chi connectivity index (χ4v) is 1.27. The average molecular weight is 212 g/mol. The van der Waals surface area contributed by atoms with Gasteiger partial charge >= 0.3 is 14.0 Å². The highest BCUT2D eigenvalue weighted by molar-refractivity contribution is 7.48. The SMILES string of the molecule is CCCCCOP(=O)(O)OC(=O)O. The number of phosphoric ester groups is 1. The first kappa shape index (κ1) is 12.4. The molecular weight excluding hydrogens is 199 g/mol. The zero-order valence-electron chi connectivity index (χ0n) is 7.30. The van der Waals surface area contributed by atoms with Crippen molar-refractivity contribution >= 4 is 14.0 Å². The molecule has 0 bridgehead atoms. The van der Waals surface area contributed by atoms with Crippen molar-refractivity contribution in [2.45, 2.75) is 26.2 Å². The molecule has 0 saturated heterocycles. The molecule has 0 radical (unpaired) electrons. The molecule has 6 nitrogen and oxygen atoms in total. The molecule has 0 fully saturated rings. The molecule has 0 aromatic carbocycles. The monoisotopic (exact) mass is 212 g/mol.